The number of rotatable bonds is 7. The van der Waals surface area contributed by atoms with Gasteiger partial charge >= 0.3 is 0 Å². The van der Waals surface area contributed by atoms with Gasteiger partial charge in [-0.05, 0) is 45.4 Å². The number of methoxy groups -OCH3 is 1. The molecule has 0 bridgehead atoms. The van der Waals surface area contributed by atoms with Crippen molar-refractivity contribution >= 4 is 22.5 Å². The number of nitrogens with one attached hydrogen (secondary N) is 1. The maximum absolute atomic E-state index is 15.1. The van der Waals surface area contributed by atoms with Gasteiger partial charge in [0.1, 0.15) is 17.3 Å². The molecular formula is C29H40F2N6O. The van der Waals surface area contributed by atoms with Gasteiger partial charge in [0.05, 0.1) is 12.5 Å². The number of alkyl halides is 2. The van der Waals surface area contributed by atoms with Crippen molar-refractivity contribution in [1.82, 2.24) is 19.9 Å². The number of aryl methyl sites for hydroxylation is 1. The number of pyridine rings is 1. The van der Waals surface area contributed by atoms with Crippen molar-refractivity contribution in [2.75, 3.05) is 43.5 Å². The predicted octanol–water partition coefficient (Wildman–Crippen LogP) is 6.18. The zero-order chi connectivity index (χ0) is 27.8. The zero-order valence-corrected chi connectivity index (χ0v) is 23.8. The van der Waals surface area contributed by atoms with Gasteiger partial charge in [-0.3, -0.25) is 4.90 Å². The monoisotopic (exact) mass is 526 g/mol. The summed E-state index contributed by atoms with van der Waals surface area (Å²) in [5.41, 5.74) is 1.00. The molecule has 1 aliphatic rings. The van der Waals surface area contributed by atoms with Gasteiger partial charge in [0.15, 0.2) is 5.65 Å². The first-order valence-electron chi connectivity index (χ1n) is 13.3. The molecule has 1 fully saturated rings. The summed E-state index contributed by atoms with van der Waals surface area (Å²) in [7, 11) is 1.62. The Balaban J connectivity index is 1.68. The van der Waals surface area contributed by atoms with Gasteiger partial charge in [0, 0.05) is 49.2 Å². The second-order valence-corrected chi connectivity index (χ2v) is 11.4. The summed E-state index contributed by atoms with van der Waals surface area (Å²) in [5.74, 6) is -1.25. The minimum absolute atomic E-state index is 0.00843. The van der Waals surface area contributed by atoms with Crippen LogP contribution >= 0.6 is 0 Å². The van der Waals surface area contributed by atoms with E-state index in [1.807, 2.05) is 26.0 Å². The van der Waals surface area contributed by atoms with Crippen molar-refractivity contribution < 1.29 is 13.5 Å². The molecule has 1 aromatic carbocycles. The SMILES string of the molecule is COc1nc2nc(C)nc(N[C@H](C)c3cccc(C(F)(F)C(C)(C)C)c3)c2cc1N1CCN(C(C)C)CC1. The molecular weight excluding hydrogens is 486 g/mol. The molecule has 1 N–H and O–H groups in total. The number of hydrogen-bond acceptors (Lipinski definition) is 7. The van der Waals surface area contributed by atoms with Crippen molar-refractivity contribution in [2.24, 2.45) is 5.41 Å². The Labute approximate surface area is 224 Å². The maximum atomic E-state index is 15.1. The lowest BCUT2D eigenvalue weighted by Gasteiger charge is -2.38. The summed E-state index contributed by atoms with van der Waals surface area (Å²) >= 11 is 0. The summed E-state index contributed by atoms with van der Waals surface area (Å²) in [6, 6.07) is 8.88. The molecule has 0 unspecified atom stereocenters. The number of fused-ring (bicyclic) bond motifs is 1. The topological polar surface area (TPSA) is 66.4 Å². The predicted molar refractivity (Wildman–Crippen MR) is 149 cm³/mol. The van der Waals surface area contributed by atoms with Gasteiger partial charge in [0.2, 0.25) is 5.88 Å². The molecule has 3 aromatic rings. The van der Waals surface area contributed by atoms with Gasteiger partial charge in [0.25, 0.3) is 5.92 Å². The van der Waals surface area contributed by atoms with Gasteiger partial charge in [-0.25, -0.2) is 18.7 Å². The van der Waals surface area contributed by atoms with E-state index >= 15 is 8.78 Å². The van der Waals surface area contributed by atoms with Crippen molar-refractivity contribution in [3.63, 3.8) is 0 Å². The minimum Gasteiger partial charge on any atom is -0.479 e. The Morgan fingerprint density at radius 1 is 0.974 bits per heavy atom. The molecule has 206 valence electrons. The lowest BCUT2D eigenvalue weighted by Crippen LogP contribution is -2.49. The molecule has 1 saturated heterocycles. The van der Waals surface area contributed by atoms with E-state index in [4.69, 9.17) is 9.72 Å². The van der Waals surface area contributed by atoms with Crippen LogP contribution in [0.3, 0.4) is 0 Å². The van der Waals surface area contributed by atoms with Crippen molar-refractivity contribution in [3.05, 3.63) is 47.3 Å². The maximum Gasteiger partial charge on any atom is 0.277 e. The first-order chi connectivity index (χ1) is 17.8. The average Bonchev–Trinajstić information content (AvgIpc) is 2.87. The Bertz CT molecular complexity index is 1280. The zero-order valence-electron chi connectivity index (χ0n) is 23.8. The summed E-state index contributed by atoms with van der Waals surface area (Å²) in [6.07, 6.45) is 0. The van der Waals surface area contributed by atoms with Crippen molar-refractivity contribution in [1.29, 1.82) is 0 Å². The highest BCUT2D eigenvalue weighted by Crippen LogP contribution is 2.45. The molecule has 0 saturated carbocycles. The van der Waals surface area contributed by atoms with Crippen molar-refractivity contribution in [2.45, 2.75) is 66.5 Å². The van der Waals surface area contributed by atoms with E-state index in [0.717, 1.165) is 42.8 Å². The quantitative estimate of drug-likeness (QED) is 0.394. The molecule has 9 heteroatoms. The number of aromatic nitrogens is 3. The van der Waals surface area contributed by atoms with Crippen LogP contribution in [0.25, 0.3) is 11.0 Å². The molecule has 2 aromatic heterocycles. The van der Waals surface area contributed by atoms with E-state index in [1.165, 1.54) is 6.07 Å². The van der Waals surface area contributed by atoms with E-state index in [1.54, 1.807) is 40.0 Å². The van der Waals surface area contributed by atoms with Crippen LogP contribution in [-0.4, -0.2) is 59.2 Å². The minimum atomic E-state index is -2.96. The third kappa shape index (κ3) is 5.53. The molecule has 0 spiro atoms. The molecule has 0 aliphatic carbocycles. The fourth-order valence-corrected chi connectivity index (χ4v) is 4.83. The molecule has 1 aliphatic heterocycles. The molecule has 7 nitrogen and oxygen atoms in total. The Morgan fingerprint density at radius 2 is 1.66 bits per heavy atom. The van der Waals surface area contributed by atoms with Gasteiger partial charge < -0.3 is 15.0 Å². The lowest BCUT2D eigenvalue weighted by atomic mass is 9.83. The molecule has 38 heavy (non-hydrogen) atoms. The standard InChI is InChI=1S/C29H40F2N6O/c1-18(2)36-12-14-37(15-13-36)24-17-23-25(33-20(4)34-26(23)35-27(24)38-8)32-19(3)21-10-9-11-22(16-21)29(30,31)28(5,6)7/h9-11,16-19H,12-15H2,1-8H3,(H,32,33,34,35)/t19-/m1/s1. The van der Waals surface area contributed by atoms with E-state index in [0.29, 0.717) is 29.2 Å². The van der Waals surface area contributed by atoms with Gasteiger partial charge in [-0.2, -0.15) is 4.98 Å². The Morgan fingerprint density at radius 3 is 2.26 bits per heavy atom. The fourth-order valence-electron chi connectivity index (χ4n) is 4.83. The number of benzene rings is 1. The number of hydrogen-bond donors (Lipinski definition) is 1. The van der Waals surface area contributed by atoms with Gasteiger partial charge in [-0.1, -0.05) is 39.0 Å². The Hall–Kier alpha value is -3.07. The number of ether oxygens (including phenoxy) is 1. The van der Waals surface area contributed by atoms with Crippen LogP contribution in [0.2, 0.25) is 0 Å². The van der Waals surface area contributed by atoms with Crippen LogP contribution in [0, 0.1) is 12.3 Å². The van der Waals surface area contributed by atoms with Crippen LogP contribution in [0.4, 0.5) is 20.3 Å². The first-order valence-corrected chi connectivity index (χ1v) is 13.3. The summed E-state index contributed by atoms with van der Waals surface area (Å²) in [6.45, 7) is 16.5. The molecule has 0 radical (unpaired) electrons. The van der Waals surface area contributed by atoms with Crippen LogP contribution in [0.1, 0.15) is 64.5 Å². The largest absolute Gasteiger partial charge is 0.479 e. The molecule has 0 amide bonds. The number of halogens is 2. The number of anilines is 2. The van der Waals surface area contributed by atoms with Crippen molar-refractivity contribution in [3.8, 4) is 5.88 Å². The second-order valence-electron chi connectivity index (χ2n) is 11.4. The molecule has 3 heterocycles. The summed E-state index contributed by atoms with van der Waals surface area (Å²) in [4.78, 5) is 18.7. The van der Waals surface area contributed by atoms with Crippen LogP contribution < -0.4 is 15.0 Å². The van der Waals surface area contributed by atoms with E-state index in [9.17, 15) is 0 Å². The van der Waals surface area contributed by atoms with E-state index < -0.39 is 11.3 Å². The van der Waals surface area contributed by atoms with Crippen LogP contribution in [0.15, 0.2) is 30.3 Å². The lowest BCUT2D eigenvalue weighted by molar-refractivity contribution is -0.104. The highest BCUT2D eigenvalue weighted by Gasteiger charge is 2.44. The molecule has 1 atom stereocenters. The number of piperazine rings is 1. The normalized spacial score (nSPS) is 16.2. The smallest absolute Gasteiger partial charge is 0.277 e. The fraction of sp³-hybridized carbons (Fsp3) is 0.552. The van der Waals surface area contributed by atoms with E-state index in [-0.39, 0.29) is 11.6 Å². The third-order valence-electron chi connectivity index (χ3n) is 7.37. The van der Waals surface area contributed by atoms with E-state index in [2.05, 4.69) is 38.9 Å². The number of nitrogens with zero attached hydrogens (tertiary/aromatic N) is 5. The highest BCUT2D eigenvalue weighted by atomic mass is 19.3. The van der Waals surface area contributed by atoms with Crippen LogP contribution in [0.5, 0.6) is 5.88 Å². The third-order valence-corrected chi connectivity index (χ3v) is 7.37. The average molecular weight is 527 g/mol. The first kappa shape index (κ1) is 28.0. The summed E-state index contributed by atoms with van der Waals surface area (Å²) < 4.78 is 35.8. The summed E-state index contributed by atoms with van der Waals surface area (Å²) in [5, 5.41) is 4.21. The highest BCUT2D eigenvalue weighted by molar-refractivity contribution is 5.90. The Kier molecular flexibility index (Phi) is 7.79. The second kappa shape index (κ2) is 10.6. The van der Waals surface area contributed by atoms with Crippen LogP contribution in [-0.2, 0) is 5.92 Å². The molecule has 4 rings (SSSR count). The van der Waals surface area contributed by atoms with Gasteiger partial charge in [-0.15, -0.1) is 0 Å².